The number of ether oxygens (including phenoxy) is 1. The van der Waals surface area contributed by atoms with Crippen LogP contribution in [0.15, 0.2) is 0 Å². The van der Waals surface area contributed by atoms with Crippen LogP contribution in [0.5, 0.6) is 0 Å². The quantitative estimate of drug-likeness (QED) is 0.0430. The Kier molecular flexibility index (Phi) is 33.2. The van der Waals surface area contributed by atoms with Gasteiger partial charge in [0.25, 0.3) is 0 Å². The largest absolute Gasteiger partial charge is 0.395 e. The van der Waals surface area contributed by atoms with Crippen LogP contribution < -0.4 is 0 Å². The first-order valence-electron chi connectivity index (χ1n) is 19.1. The van der Waals surface area contributed by atoms with Gasteiger partial charge in [-0.2, -0.15) is 0 Å². The lowest BCUT2D eigenvalue weighted by Crippen LogP contribution is -2.29. The molecular weight excluding hydrogens is 536 g/mol. The van der Waals surface area contributed by atoms with Crippen molar-refractivity contribution in [2.75, 3.05) is 13.2 Å². The summed E-state index contributed by atoms with van der Waals surface area (Å²) in [4.78, 5) is 25.0. The summed E-state index contributed by atoms with van der Waals surface area (Å²) in [6, 6.07) is 0. The van der Waals surface area contributed by atoms with Crippen molar-refractivity contribution < 1.29 is 24.5 Å². The molecule has 0 amide bonds. The zero-order valence-corrected chi connectivity index (χ0v) is 28.9. The van der Waals surface area contributed by atoms with Crippen molar-refractivity contribution in [3.63, 3.8) is 0 Å². The van der Waals surface area contributed by atoms with Gasteiger partial charge in [-0.3, -0.25) is 9.59 Å². The molecule has 0 aromatic carbocycles. The molecule has 0 aromatic rings. The van der Waals surface area contributed by atoms with Crippen molar-refractivity contribution in [3.8, 4) is 0 Å². The Morgan fingerprint density at radius 3 is 0.814 bits per heavy atom. The Labute approximate surface area is 267 Å². The number of unbranched alkanes of at least 4 members (excludes halogenated alkanes) is 26. The van der Waals surface area contributed by atoms with Crippen LogP contribution in [0.25, 0.3) is 0 Å². The number of hydrogen-bond donors (Lipinski definition) is 2. The molecule has 5 nitrogen and oxygen atoms in total. The van der Waals surface area contributed by atoms with Crippen molar-refractivity contribution in [3.05, 3.63) is 0 Å². The molecule has 0 aliphatic rings. The molecule has 0 rings (SSSR count). The monoisotopic (exact) mass is 611 g/mol. The number of carbonyl (C=O) groups is 2. The summed E-state index contributed by atoms with van der Waals surface area (Å²) in [6.45, 7) is 3.93. The zero-order valence-electron chi connectivity index (χ0n) is 28.9. The van der Waals surface area contributed by atoms with E-state index in [2.05, 4.69) is 13.8 Å². The summed E-state index contributed by atoms with van der Waals surface area (Å²) in [5.41, 5.74) is 0. The van der Waals surface area contributed by atoms with Crippen molar-refractivity contribution >= 4 is 11.9 Å². The smallest absolute Gasteiger partial charge is 0.318 e. The van der Waals surface area contributed by atoms with Crippen LogP contribution in [0.3, 0.4) is 0 Å². The molecule has 0 saturated carbocycles. The lowest BCUT2D eigenvalue weighted by molar-refractivity contribution is -0.167. The highest BCUT2D eigenvalue weighted by molar-refractivity contribution is 5.88. The molecule has 0 saturated heterocycles. The van der Waals surface area contributed by atoms with E-state index in [1.54, 1.807) is 0 Å². The number of carbonyl (C=O) groups excluding carboxylic acids is 2. The maximum Gasteiger partial charge on any atom is 0.318 e. The fourth-order valence-corrected chi connectivity index (χ4v) is 6.00. The second-order valence-electron chi connectivity index (χ2n) is 13.3. The van der Waals surface area contributed by atoms with Crippen LogP contribution in [-0.2, 0) is 14.3 Å². The minimum absolute atomic E-state index is 0.298. The number of hydrogen-bond acceptors (Lipinski definition) is 5. The lowest BCUT2D eigenvalue weighted by atomic mass is 9.99. The van der Waals surface area contributed by atoms with E-state index in [4.69, 9.17) is 4.74 Å². The van der Waals surface area contributed by atoms with Gasteiger partial charge < -0.3 is 14.9 Å². The molecule has 0 radical (unpaired) electrons. The highest BCUT2D eigenvalue weighted by Crippen LogP contribution is 2.19. The third-order valence-electron chi connectivity index (χ3n) is 9.12. The highest BCUT2D eigenvalue weighted by atomic mass is 16.6. The minimum atomic E-state index is -0.651. The maximum absolute atomic E-state index is 12.5. The third kappa shape index (κ3) is 28.3. The van der Waals surface area contributed by atoms with E-state index in [1.807, 2.05) is 0 Å². The van der Waals surface area contributed by atoms with Crippen molar-refractivity contribution in [2.45, 2.75) is 206 Å². The Bertz CT molecular complexity index is 543. The second-order valence-corrected chi connectivity index (χ2v) is 13.3. The van der Waals surface area contributed by atoms with E-state index in [-0.39, 0.29) is 13.2 Å². The Morgan fingerprint density at radius 1 is 0.395 bits per heavy atom. The molecule has 0 fully saturated rings. The molecule has 0 aromatic heterocycles. The first-order chi connectivity index (χ1) is 21.1. The topological polar surface area (TPSA) is 83.8 Å². The molecule has 43 heavy (non-hydrogen) atoms. The van der Waals surface area contributed by atoms with Gasteiger partial charge in [0, 0.05) is 0 Å². The summed E-state index contributed by atoms with van der Waals surface area (Å²) < 4.78 is 5.10. The van der Waals surface area contributed by atoms with E-state index >= 15 is 0 Å². The normalized spacial score (nSPS) is 12.8. The Hall–Kier alpha value is -0.940. The van der Waals surface area contributed by atoms with Crippen LogP contribution in [-0.4, -0.2) is 35.4 Å². The van der Waals surface area contributed by atoms with Gasteiger partial charge in [0.15, 0.2) is 0 Å². The van der Waals surface area contributed by atoms with Crippen molar-refractivity contribution in [1.82, 2.24) is 0 Å². The minimum Gasteiger partial charge on any atom is -0.395 e. The summed E-state index contributed by atoms with van der Waals surface area (Å²) >= 11 is 0. The van der Waals surface area contributed by atoms with E-state index in [0.717, 1.165) is 38.5 Å². The lowest BCUT2D eigenvalue weighted by Gasteiger charge is -2.16. The third-order valence-corrected chi connectivity index (χ3v) is 9.12. The van der Waals surface area contributed by atoms with Crippen LogP contribution in [0, 0.1) is 11.8 Å². The van der Waals surface area contributed by atoms with Gasteiger partial charge in [-0.05, 0) is 12.8 Å². The van der Waals surface area contributed by atoms with Gasteiger partial charge in [0.05, 0.1) is 25.0 Å². The molecule has 0 aliphatic carbocycles. The Balaban J connectivity index is 3.78. The first kappa shape index (κ1) is 42.1. The predicted octanol–water partition coefficient (Wildman–Crippen LogP) is 11.0. The van der Waals surface area contributed by atoms with E-state index < -0.39 is 23.8 Å². The number of aliphatic hydroxyl groups excluding tert-OH is 2. The SMILES string of the molecule is CCCCCCCCCCCCCCCCC(CO)C(=O)OC(=O)C(CO)CCCCCCCCCCCCCCCC. The molecule has 2 N–H and O–H groups in total. The molecule has 0 aliphatic heterocycles. The fourth-order valence-electron chi connectivity index (χ4n) is 6.00. The maximum atomic E-state index is 12.5. The van der Waals surface area contributed by atoms with E-state index in [1.165, 1.54) is 141 Å². The fraction of sp³-hybridized carbons (Fsp3) is 0.947. The average molecular weight is 611 g/mol. The molecule has 5 heteroatoms. The van der Waals surface area contributed by atoms with Crippen LogP contribution >= 0.6 is 0 Å². The van der Waals surface area contributed by atoms with Crippen LogP contribution in [0.2, 0.25) is 0 Å². The molecular formula is C38H74O5. The Morgan fingerprint density at radius 2 is 0.605 bits per heavy atom. The molecule has 0 spiro atoms. The standard InChI is InChI=1S/C38H74O5/c1-3-5-7-9-11-13-15-17-19-21-23-25-27-29-31-35(33-39)37(41)43-38(42)36(34-40)32-30-28-26-24-22-20-18-16-14-12-10-8-6-4-2/h35-36,39-40H,3-34H2,1-2H3. The predicted molar refractivity (Wildman–Crippen MR) is 182 cm³/mol. The molecule has 2 unspecified atom stereocenters. The molecule has 0 heterocycles. The van der Waals surface area contributed by atoms with E-state index in [0.29, 0.717) is 12.8 Å². The van der Waals surface area contributed by atoms with Crippen LogP contribution in [0.4, 0.5) is 0 Å². The van der Waals surface area contributed by atoms with E-state index in [9.17, 15) is 19.8 Å². The van der Waals surface area contributed by atoms with Gasteiger partial charge in [0.2, 0.25) is 0 Å². The summed E-state index contributed by atoms with van der Waals surface area (Å²) in [5, 5.41) is 19.4. The molecule has 256 valence electrons. The van der Waals surface area contributed by atoms with Gasteiger partial charge in [-0.1, -0.05) is 194 Å². The number of aliphatic hydroxyl groups is 2. The van der Waals surface area contributed by atoms with Crippen molar-refractivity contribution in [1.29, 1.82) is 0 Å². The summed E-state index contributed by atoms with van der Waals surface area (Å²) in [7, 11) is 0. The van der Waals surface area contributed by atoms with Gasteiger partial charge in [-0.25, -0.2) is 0 Å². The first-order valence-corrected chi connectivity index (χ1v) is 19.1. The number of esters is 2. The van der Waals surface area contributed by atoms with Crippen molar-refractivity contribution in [2.24, 2.45) is 11.8 Å². The molecule has 0 bridgehead atoms. The zero-order chi connectivity index (χ0) is 31.6. The highest BCUT2D eigenvalue weighted by Gasteiger charge is 2.26. The summed E-state index contributed by atoms with van der Waals surface area (Å²) in [5.74, 6) is -2.58. The number of rotatable bonds is 34. The second kappa shape index (κ2) is 33.9. The molecule has 2 atom stereocenters. The average Bonchev–Trinajstić information content (AvgIpc) is 3.01. The van der Waals surface area contributed by atoms with Gasteiger partial charge >= 0.3 is 11.9 Å². The van der Waals surface area contributed by atoms with Gasteiger partial charge in [0.1, 0.15) is 0 Å². The summed E-state index contributed by atoms with van der Waals surface area (Å²) in [6.07, 6.45) is 36.7. The van der Waals surface area contributed by atoms with Crippen LogP contribution in [0.1, 0.15) is 206 Å². The van der Waals surface area contributed by atoms with Gasteiger partial charge in [-0.15, -0.1) is 0 Å².